The molecule has 0 saturated heterocycles. The second-order valence-electron chi connectivity index (χ2n) is 4.63. The Kier molecular flexibility index (Phi) is 5.81. The SMILES string of the molecule is N#CCc1ccc(NC(=O)CCOc2ccc(Cl)cc2)cc1. The summed E-state index contributed by atoms with van der Waals surface area (Å²) in [4.78, 5) is 11.8. The Morgan fingerprint density at radius 3 is 2.45 bits per heavy atom. The van der Waals surface area contributed by atoms with E-state index in [0.29, 0.717) is 29.5 Å². The molecule has 0 aliphatic carbocycles. The van der Waals surface area contributed by atoms with Crippen molar-refractivity contribution in [3.8, 4) is 11.8 Å². The van der Waals surface area contributed by atoms with Crippen molar-refractivity contribution in [3.05, 3.63) is 59.1 Å². The number of nitrogens with zero attached hydrogens (tertiary/aromatic N) is 1. The number of ether oxygens (including phenoxy) is 1. The second kappa shape index (κ2) is 8.06. The lowest BCUT2D eigenvalue weighted by Crippen LogP contribution is -2.15. The Bertz CT molecular complexity index is 661. The van der Waals surface area contributed by atoms with Crippen LogP contribution in [-0.4, -0.2) is 12.5 Å². The van der Waals surface area contributed by atoms with E-state index in [1.807, 2.05) is 12.1 Å². The molecule has 0 fully saturated rings. The first-order valence-electron chi connectivity index (χ1n) is 6.81. The zero-order chi connectivity index (χ0) is 15.8. The summed E-state index contributed by atoms with van der Waals surface area (Å²) in [5.41, 5.74) is 1.63. The molecule has 0 saturated carbocycles. The van der Waals surface area contributed by atoms with Crippen LogP contribution in [0.4, 0.5) is 5.69 Å². The van der Waals surface area contributed by atoms with Crippen molar-refractivity contribution in [1.29, 1.82) is 5.26 Å². The highest BCUT2D eigenvalue weighted by Gasteiger charge is 2.03. The second-order valence-corrected chi connectivity index (χ2v) is 5.07. The van der Waals surface area contributed by atoms with Gasteiger partial charge in [-0.15, -0.1) is 0 Å². The molecule has 2 aromatic carbocycles. The summed E-state index contributed by atoms with van der Waals surface area (Å²) in [7, 11) is 0. The van der Waals surface area contributed by atoms with E-state index in [1.54, 1.807) is 36.4 Å². The molecule has 0 aliphatic rings. The molecule has 0 heterocycles. The van der Waals surface area contributed by atoms with Crippen LogP contribution in [0.1, 0.15) is 12.0 Å². The van der Waals surface area contributed by atoms with Gasteiger partial charge < -0.3 is 10.1 Å². The van der Waals surface area contributed by atoms with Crippen molar-refractivity contribution in [3.63, 3.8) is 0 Å². The van der Waals surface area contributed by atoms with Gasteiger partial charge in [0.05, 0.1) is 25.5 Å². The number of carbonyl (C=O) groups is 1. The third-order valence-electron chi connectivity index (χ3n) is 2.93. The molecule has 5 heteroatoms. The smallest absolute Gasteiger partial charge is 0.227 e. The first kappa shape index (κ1) is 15.9. The molecule has 4 nitrogen and oxygen atoms in total. The topological polar surface area (TPSA) is 62.1 Å². The van der Waals surface area contributed by atoms with E-state index in [2.05, 4.69) is 11.4 Å². The molecule has 0 spiro atoms. The fourth-order valence-corrected chi connectivity index (χ4v) is 1.94. The minimum absolute atomic E-state index is 0.123. The summed E-state index contributed by atoms with van der Waals surface area (Å²) in [6.07, 6.45) is 0.617. The van der Waals surface area contributed by atoms with Gasteiger partial charge in [0.15, 0.2) is 0 Å². The fourth-order valence-electron chi connectivity index (χ4n) is 1.81. The van der Waals surface area contributed by atoms with Gasteiger partial charge in [0.2, 0.25) is 5.91 Å². The molecule has 1 N–H and O–H groups in total. The number of nitriles is 1. The maximum atomic E-state index is 11.8. The molecular formula is C17H15ClN2O2. The van der Waals surface area contributed by atoms with Crippen LogP contribution in [0.5, 0.6) is 5.75 Å². The van der Waals surface area contributed by atoms with Crippen LogP contribution < -0.4 is 10.1 Å². The Labute approximate surface area is 134 Å². The summed E-state index contributed by atoms with van der Waals surface area (Å²) in [5, 5.41) is 12.0. The van der Waals surface area contributed by atoms with Crippen LogP contribution >= 0.6 is 11.6 Å². The number of amides is 1. The molecule has 0 aromatic heterocycles. The number of rotatable bonds is 6. The zero-order valence-corrected chi connectivity index (χ0v) is 12.6. The monoisotopic (exact) mass is 314 g/mol. The summed E-state index contributed by atoms with van der Waals surface area (Å²) in [6.45, 7) is 0.292. The van der Waals surface area contributed by atoms with Crippen LogP contribution in [0.3, 0.4) is 0 Å². The Morgan fingerprint density at radius 2 is 1.82 bits per heavy atom. The van der Waals surface area contributed by atoms with Crippen LogP contribution in [0.2, 0.25) is 5.02 Å². The summed E-state index contributed by atoms with van der Waals surface area (Å²) in [6, 6.07) is 16.3. The minimum atomic E-state index is -0.123. The third kappa shape index (κ3) is 5.12. The first-order chi connectivity index (χ1) is 10.7. The lowest BCUT2D eigenvalue weighted by Gasteiger charge is -2.07. The highest BCUT2D eigenvalue weighted by Crippen LogP contribution is 2.16. The van der Waals surface area contributed by atoms with E-state index in [0.717, 1.165) is 5.56 Å². The maximum absolute atomic E-state index is 11.8. The molecule has 1 amide bonds. The highest BCUT2D eigenvalue weighted by atomic mass is 35.5. The van der Waals surface area contributed by atoms with E-state index in [4.69, 9.17) is 21.6 Å². The van der Waals surface area contributed by atoms with Crippen molar-refractivity contribution in [2.75, 3.05) is 11.9 Å². The van der Waals surface area contributed by atoms with Crippen LogP contribution in [0, 0.1) is 11.3 Å². The minimum Gasteiger partial charge on any atom is -0.493 e. The third-order valence-corrected chi connectivity index (χ3v) is 3.18. The summed E-state index contributed by atoms with van der Waals surface area (Å²) in [5.74, 6) is 0.556. The average molecular weight is 315 g/mol. The quantitative estimate of drug-likeness (QED) is 0.881. The normalized spacial score (nSPS) is 9.82. The molecule has 2 aromatic rings. The van der Waals surface area contributed by atoms with E-state index in [9.17, 15) is 4.79 Å². The fraction of sp³-hybridized carbons (Fsp3) is 0.176. The number of carbonyl (C=O) groups excluding carboxylic acids is 1. The molecule has 0 bridgehead atoms. The van der Waals surface area contributed by atoms with Gasteiger partial charge in [0, 0.05) is 10.7 Å². The van der Waals surface area contributed by atoms with Gasteiger partial charge in [-0.05, 0) is 42.0 Å². The number of anilines is 1. The molecule has 0 radical (unpaired) electrons. The van der Waals surface area contributed by atoms with Gasteiger partial charge in [-0.3, -0.25) is 4.79 Å². The number of benzene rings is 2. The Hall–Kier alpha value is -2.51. The lowest BCUT2D eigenvalue weighted by atomic mass is 10.1. The largest absolute Gasteiger partial charge is 0.493 e. The van der Waals surface area contributed by atoms with Gasteiger partial charge >= 0.3 is 0 Å². The van der Waals surface area contributed by atoms with Gasteiger partial charge in [-0.25, -0.2) is 0 Å². The summed E-state index contributed by atoms with van der Waals surface area (Å²) < 4.78 is 5.46. The van der Waals surface area contributed by atoms with Crippen molar-refractivity contribution in [2.24, 2.45) is 0 Å². The molecule has 22 heavy (non-hydrogen) atoms. The van der Waals surface area contributed by atoms with Crippen molar-refractivity contribution >= 4 is 23.2 Å². The van der Waals surface area contributed by atoms with E-state index < -0.39 is 0 Å². The van der Waals surface area contributed by atoms with E-state index >= 15 is 0 Å². The number of halogens is 1. The highest BCUT2D eigenvalue weighted by molar-refractivity contribution is 6.30. The van der Waals surface area contributed by atoms with Crippen LogP contribution in [0.15, 0.2) is 48.5 Å². The van der Waals surface area contributed by atoms with Crippen LogP contribution in [-0.2, 0) is 11.2 Å². The van der Waals surface area contributed by atoms with Gasteiger partial charge in [0.25, 0.3) is 0 Å². The molecule has 112 valence electrons. The number of hydrogen-bond donors (Lipinski definition) is 1. The van der Waals surface area contributed by atoms with Crippen LogP contribution in [0.25, 0.3) is 0 Å². The van der Waals surface area contributed by atoms with Gasteiger partial charge in [0.1, 0.15) is 5.75 Å². The molecule has 0 atom stereocenters. The average Bonchev–Trinajstić information content (AvgIpc) is 2.51. The summed E-state index contributed by atoms with van der Waals surface area (Å²) >= 11 is 5.78. The standard InChI is InChI=1S/C17H15ClN2O2/c18-14-3-7-16(8-4-14)22-12-10-17(21)20-15-5-1-13(2-6-15)9-11-19/h1-8H,9-10,12H2,(H,20,21). The van der Waals surface area contributed by atoms with E-state index in [1.165, 1.54) is 0 Å². The number of hydrogen-bond acceptors (Lipinski definition) is 3. The molecule has 0 unspecified atom stereocenters. The Morgan fingerprint density at radius 1 is 1.14 bits per heavy atom. The predicted molar refractivity (Wildman–Crippen MR) is 86.0 cm³/mol. The first-order valence-corrected chi connectivity index (χ1v) is 7.19. The van der Waals surface area contributed by atoms with Crippen molar-refractivity contribution in [2.45, 2.75) is 12.8 Å². The van der Waals surface area contributed by atoms with Crippen molar-refractivity contribution < 1.29 is 9.53 Å². The molecule has 0 aliphatic heterocycles. The van der Waals surface area contributed by atoms with E-state index in [-0.39, 0.29) is 12.3 Å². The Balaban J connectivity index is 1.75. The predicted octanol–water partition coefficient (Wildman–Crippen LogP) is 3.81. The maximum Gasteiger partial charge on any atom is 0.227 e. The van der Waals surface area contributed by atoms with Gasteiger partial charge in [-0.2, -0.15) is 5.26 Å². The molecule has 2 rings (SSSR count). The zero-order valence-electron chi connectivity index (χ0n) is 11.9. The lowest BCUT2D eigenvalue weighted by molar-refractivity contribution is -0.116. The van der Waals surface area contributed by atoms with Crippen molar-refractivity contribution in [1.82, 2.24) is 0 Å². The van der Waals surface area contributed by atoms with Gasteiger partial charge in [-0.1, -0.05) is 23.7 Å². The number of nitrogens with one attached hydrogen (secondary N) is 1. The molecular weight excluding hydrogens is 300 g/mol.